The van der Waals surface area contributed by atoms with E-state index in [9.17, 15) is 14.4 Å². The first-order valence-corrected chi connectivity index (χ1v) is 7.02. The Morgan fingerprint density at radius 1 is 1.36 bits per heavy atom. The normalized spacial score (nSPS) is 12.2. The molecule has 1 atom stereocenters. The summed E-state index contributed by atoms with van der Waals surface area (Å²) in [6, 6.07) is 0. The number of esters is 2. The Morgan fingerprint density at radius 3 is 2.59 bits per heavy atom. The van der Waals surface area contributed by atoms with Crippen molar-refractivity contribution in [1.82, 2.24) is 4.98 Å². The molecule has 1 rings (SSSR count). The monoisotopic (exact) mass is 324 g/mol. The molecule has 8 heteroatoms. The van der Waals surface area contributed by atoms with Gasteiger partial charge in [0.05, 0.1) is 26.3 Å². The smallest absolute Gasteiger partial charge is 0.349 e. The molecule has 0 aliphatic rings. The van der Waals surface area contributed by atoms with Crippen molar-refractivity contribution in [3.63, 3.8) is 0 Å². The van der Waals surface area contributed by atoms with Gasteiger partial charge in [-0.2, -0.15) is 0 Å². The van der Waals surface area contributed by atoms with Gasteiger partial charge < -0.3 is 14.8 Å². The van der Waals surface area contributed by atoms with E-state index >= 15 is 0 Å². The van der Waals surface area contributed by atoms with Crippen molar-refractivity contribution in [3.8, 4) is 0 Å². The zero-order valence-electron chi connectivity index (χ0n) is 12.4. The number of thiazole rings is 1. The number of aromatic nitrogens is 1. The topological polar surface area (TPSA) is 94.6 Å². The third-order valence-electron chi connectivity index (χ3n) is 2.70. The van der Waals surface area contributed by atoms with Crippen molar-refractivity contribution >= 4 is 34.3 Å². The number of nitrogens with one attached hydrogen (secondary N) is 1. The minimum Gasteiger partial charge on any atom is -0.466 e. The second-order valence-electron chi connectivity index (χ2n) is 4.08. The highest BCUT2D eigenvalue weighted by Crippen LogP contribution is 2.21. The predicted octanol–water partition coefficient (Wildman–Crippen LogP) is 1.79. The average molecular weight is 324 g/mol. The molecule has 22 heavy (non-hydrogen) atoms. The summed E-state index contributed by atoms with van der Waals surface area (Å²) in [5.74, 6) is -2.37. The fraction of sp³-hybridized carbons (Fsp3) is 0.286. The summed E-state index contributed by atoms with van der Waals surface area (Å²) in [5.41, 5.74) is 0.166. The fourth-order valence-electron chi connectivity index (χ4n) is 1.52. The molecule has 1 amide bonds. The maximum atomic E-state index is 12.2. The third-order valence-corrected chi connectivity index (χ3v) is 3.59. The van der Waals surface area contributed by atoms with Crippen LogP contribution in [0.5, 0.6) is 0 Å². The van der Waals surface area contributed by atoms with Crippen LogP contribution in [0.3, 0.4) is 0 Å². The maximum Gasteiger partial charge on any atom is 0.349 e. The molecule has 0 aliphatic heterocycles. The van der Waals surface area contributed by atoms with Gasteiger partial charge in [0.15, 0.2) is 5.13 Å². The number of rotatable bonds is 6. The standard InChI is InChI=1S/C14H16N2O5S/c1-5-6-9(12(18)20-3)8(2)11(17)16-14-15-7-10(22-14)13(19)21-4/h5-8H,1H2,2-4H3,(H,15,16,17)/b9-6+. The number of methoxy groups -OCH3 is 2. The van der Waals surface area contributed by atoms with Gasteiger partial charge in [0, 0.05) is 5.57 Å². The molecule has 0 spiro atoms. The second kappa shape index (κ2) is 8.08. The minimum atomic E-state index is -0.768. The molecule has 1 unspecified atom stereocenters. The molecule has 0 fully saturated rings. The largest absolute Gasteiger partial charge is 0.466 e. The molecule has 0 radical (unpaired) electrons. The lowest BCUT2D eigenvalue weighted by atomic mass is 10.00. The molecule has 1 heterocycles. The second-order valence-corrected chi connectivity index (χ2v) is 5.11. The van der Waals surface area contributed by atoms with E-state index in [2.05, 4.69) is 26.4 Å². The number of nitrogens with zero attached hydrogens (tertiary/aromatic N) is 1. The van der Waals surface area contributed by atoms with Gasteiger partial charge in [0.25, 0.3) is 0 Å². The van der Waals surface area contributed by atoms with Gasteiger partial charge >= 0.3 is 11.9 Å². The summed E-state index contributed by atoms with van der Waals surface area (Å²) in [7, 11) is 2.48. The van der Waals surface area contributed by atoms with Gasteiger partial charge in [-0.15, -0.1) is 0 Å². The zero-order chi connectivity index (χ0) is 16.7. The molecule has 0 bridgehead atoms. The first-order valence-electron chi connectivity index (χ1n) is 6.20. The van der Waals surface area contributed by atoms with Crippen LogP contribution in [0.15, 0.2) is 30.5 Å². The van der Waals surface area contributed by atoms with Crippen molar-refractivity contribution in [1.29, 1.82) is 0 Å². The van der Waals surface area contributed by atoms with Crippen LogP contribution in [0.4, 0.5) is 5.13 Å². The molecular weight excluding hydrogens is 308 g/mol. The Kier molecular flexibility index (Phi) is 6.46. The molecule has 0 saturated heterocycles. The summed E-state index contributed by atoms with van der Waals surface area (Å²) >= 11 is 0.977. The SMILES string of the molecule is C=C/C=C(/C(=O)OC)C(C)C(=O)Nc1ncc(C(=O)OC)s1. The highest BCUT2D eigenvalue weighted by Gasteiger charge is 2.24. The Morgan fingerprint density at radius 2 is 2.05 bits per heavy atom. The van der Waals surface area contributed by atoms with Crippen LogP contribution in [-0.4, -0.2) is 37.0 Å². The Labute approximate surface area is 131 Å². The van der Waals surface area contributed by atoms with Gasteiger partial charge in [0.1, 0.15) is 4.88 Å². The van der Waals surface area contributed by atoms with Gasteiger partial charge in [-0.1, -0.05) is 30.1 Å². The van der Waals surface area contributed by atoms with E-state index in [1.54, 1.807) is 6.92 Å². The van der Waals surface area contributed by atoms with Crippen LogP contribution >= 0.6 is 11.3 Å². The summed E-state index contributed by atoms with van der Waals surface area (Å²) in [6.07, 6.45) is 4.12. The van der Waals surface area contributed by atoms with Crippen LogP contribution in [0.1, 0.15) is 16.6 Å². The molecule has 1 N–H and O–H groups in total. The van der Waals surface area contributed by atoms with E-state index in [4.69, 9.17) is 0 Å². The fourth-order valence-corrected chi connectivity index (χ4v) is 2.25. The Balaban J connectivity index is 2.85. The molecule has 1 aromatic rings. The van der Waals surface area contributed by atoms with Gasteiger partial charge in [-0.05, 0) is 6.92 Å². The molecule has 1 aromatic heterocycles. The number of hydrogen-bond acceptors (Lipinski definition) is 7. The van der Waals surface area contributed by atoms with E-state index < -0.39 is 23.8 Å². The zero-order valence-corrected chi connectivity index (χ0v) is 13.2. The number of carbonyl (C=O) groups excluding carboxylic acids is 3. The van der Waals surface area contributed by atoms with Crippen LogP contribution < -0.4 is 5.32 Å². The van der Waals surface area contributed by atoms with E-state index in [0.717, 1.165) is 11.3 Å². The van der Waals surface area contributed by atoms with Crippen LogP contribution in [0.25, 0.3) is 0 Å². The molecular formula is C14H16N2O5S. The Bertz CT molecular complexity index is 621. The van der Waals surface area contributed by atoms with Crippen molar-refractivity contribution < 1.29 is 23.9 Å². The molecule has 0 saturated carbocycles. The summed E-state index contributed by atoms with van der Waals surface area (Å²) in [5, 5.41) is 2.77. The molecule has 118 valence electrons. The third kappa shape index (κ3) is 4.26. The number of anilines is 1. The van der Waals surface area contributed by atoms with Crippen molar-refractivity contribution in [2.24, 2.45) is 5.92 Å². The van der Waals surface area contributed by atoms with E-state index in [-0.39, 0.29) is 15.6 Å². The molecule has 0 aliphatic carbocycles. The first-order chi connectivity index (χ1) is 10.4. The number of amides is 1. The van der Waals surface area contributed by atoms with Crippen LogP contribution in [-0.2, 0) is 19.1 Å². The summed E-state index contributed by atoms with van der Waals surface area (Å²) in [6.45, 7) is 5.05. The number of allylic oxidation sites excluding steroid dienone is 2. The van der Waals surface area contributed by atoms with Crippen molar-refractivity contribution in [3.05, 3.63) is 35.4 Å². The van der Waals surface area contributed by atoms with Gasteiger partial charge in [-0.3, -0.25) is 4.79 Å². The van der Waals surface area contributed by atoms with E-state index in [1.165, 1.54) is 32.6 Å². The summed E-state index contributed by atoms with van der Waals surface area (Å²) < 4.78 is 9.18. The predicted molar refractivity (Wildman–Crippen MR) is 81.5 cm³/mol. The van der Waals surface area contributed by atoms with E-state index in [1.807, 2.05) is 0 Å². The highest BCUT2D eigenvalue weighted by molar-refractivity contribution is 7.17. The van der Waals surface area contributed by atoms with Crippen LogP contribution in [0.2, 0.25) is 0 Å². The molecule has 0 aromatic carbocycles. The maximum absolute atomic E-state index is 12.2. The lowest BCUT2D eigenvalue weighted by Gasteiger charge is -2.12. The van der Waals surface area contributed by atoms with Crippen molar-refractivity contribution in [2.45, 2.75) is 6.92 Å². The number of carbonyl (C=O) groups is 3. The lowest BCUT2D eigenvalue weighted by molar-refractivity contribution is -0.137. The van der Waals surface area contributed by atoms with E-state index in [0.29, 0.717) is 0 Å². The van der Waals surface area contributed by atoms with Crippen LogP contribution in [0, 0.1) is 5.92 Å². The average Bonchev–Trinajstić information content (AvgIpc) is 2.98. The first kappa shape index (κ1) is 17.6. The van der Waals surface area contributed by atoms with Gasteiger partial charge in [0.2, 0.25) is 5.91 Å². The summed E-state index contributed by atoms with van der Waals surface area (Å²) in [4.78, 5) is 39.3. The highest BCUT2D eigenvalue weighted by atomic mass is 32.1. The number of hydrogen-bond donors (Lipinski definition) is 1. The van der Waals surface area contributed by atoms with Gasteiger partial charge in [-0.25, -0.2) is 14.6 Å². The minimum absolute atomic E-state index is 0.166. The Hall–Kier alpha value is -2.48. The number of ether oxygens (including phenoxy) is 2. The molecule has 7 nitrogen and oxygen atoms in total. The lowest BCUT2D eigenvalue weighted by Crippen LogP contribution is -2.25. The quantitative estimate of drug-likeness (QED) is 0.487. The van der Waals surface area contributed by atoms with Crippen molar-refractivity contribution in [2.75, 3.05) is 19.5 Å².